The Hall–Kier alpha value is -3.08. The van der Waals surface area contributed by atoms with Crippen molar-refractivity contribution in [1.29, 1.82) is 0 Å². The number of aromatic nitrogens is 2. The first-order chi connectivity index (χ1) is 12.2. The second-order valence-electron chi connectivity index (χ2n) is 5.74. The minimum atomic E-state index is -0.209. The molecule has 1 aromatic heterocycles. The first-order valence-corrected chi connectivity index (χ1v) is 8.27. The van der Waals surface area contributed by atoms with Crippen molar-refractivity contribution in [3.63, 3.8) is 0 Å². The van der Waals surface area contributed by atoms with Crippen LogP contribution in [0.15, 0.2) is 60.9 Å². The predicted octanol–water partition coefficient (Wildman–Crippen LogP) is 3.89. The lowest BCUT2D eigenvalue weighted by molar-refractivity contribution is 0.102. The highest BCUT2D eigenvalue weighted by Crippen LogP contribution is 2.20. The SMILES string of the molecule is CCOc1ccccc1C(=O)Nc1cnn(Cc2ccccc2C)c1. The average Bonchev–Trinajstić information content (AvgIpc) is 3.05. The van der Waals surface area contributed by atoms with Gasteiger partial charge in [-0.2, -0.15) is 5.10 Å². The van der Waals surface area contributed by atoms with Gasteiger partial charge in [-0.05, 0) is 37.1 Å². The molecule has 0 aliphatic heterocycles. The highest BCUT2D eigenvalue weighted by Gasteiger charge is 2.13. The molecule has 0 aliphatic rings. The lowest BCUT2D eigenvalue weighted by atomic mass is 10.1. The second-order valence-corrected chi connectivity index (χ2v) is 5.74. The number of nitrogens with one attached hydrogen (secondary N) is 1. The minimum Gasteiger partial charge on any atom is -0.493 e. The second kappa shape index (κ2) is 7.66. The molecule has 0 bridgehead atoms. The summed E-state index contributed by atoms with van der Waals surface area (Å²) in [5, 5.41) is 7.20. The molecular formula is C20H21N3O2. The number of aryl methyl sites for hydroxylation is 1. The molecule has 0 unspecified atom stereocenters. The molecule has 0 spiro atoms. The number of amides is 1. The fourth-order valence-electron chi connectivity index (χ4n) is 2.61. The summed E-state index contributed by atoms with van der Waals surface area (Å²) in [5.41, 5.74) is 3.58. The van der Waals surface area contributed by atoms with E-state index in [1.807, 2.05) is 42.1 Å². The molecule has 128 valence electrons. The predicted molar refractivity (Wildman–Crippen MR) is 98.1 cm³/mol. The van der Waals surface area contributed by atoms with Gasteiger partial charge >= 0.3 is 0 Å². The Kier molecular flexibility index (Phi) is 5.14. The molecule has 3 rings (SSSR count). The summed E-state index contributed by atoms with van der Waals surface area (Å²) in [6.45, 7) is 5.15. The van der Waals surface area contributed by atoms with Crippen molar-refractivity contribution in [2.24, 2.45) is 0 Å². The number of para-hydroxylation sites is 1. The number of anilines is 1. The third kappa shape index (κ3) is 4.07. The Morgan fingerprint density at radius 1 is 1.16 bits per heavy atom. The fraction of sp³-hybridized carbons (Fsp3) is 0.200. The molecule has 0 saturated carbocycles. The first kappa shape index (κ1) is 16.8. The molecule has 0 saturated heterocycles. The van der Waals surface area contributed by atoms with Crippen molar-refractivity contribution in [2.75, 3.05) is 11.9 Å². The third-order valence-electron chi connectivity index (χ3n) is 3.92. The largest absolute Gasteiger partial charge is 0.493 e. The summed E-state index contributed by atoms with van der Waals surface area (Å²) in [6.07, 6.45) is 3.48. The van der Waals surface area contributed by atoms with Gasteiger partial charge in [-0.1, -0.05) is 36.4 Å². The number of carbonyl (C=O) groups excluding carboxylic acids is 1. The van der Waals surface area contributed by atoms with Crippen molar-refractivity contribution >= 4 is 11.6 Å². The molecule has 3 aromatic rings. The Balaban J connectivity index is 1.71. The Labute approximate surface area is 147 Å². The Bertz CT molecular complexity index is 871. The van der Waals surface area contributed by atoms with E-state index in [1.165, 1.54) is 11.1 Å². The van der Waals surface area contributed by atoms with Gasteiger partial charge in [-0.3, -0.25) is 9.48 Å². The molecule has 0 radical (unpaired) electrons. The zero-order chi connectivity index (χ0) is 17.6. The van der Waals surface area contributed by atoms with E-state index in [4.69, 9.17) is 4.74 Å². The zero-order valence-electron chi connectivity index (χ0n) is 14.4. The lowest BCUT2D eigenvalue weighted by Crippen LogP contribution is -2.13. The smallest absolute Gasteiger partial charge is 0.259 e. The number of nitrogens with zero attached hydrogens (tertiary/aromatic N) is 2. The van der Waals surface area contributed by atoms with Gasteiger partial charge in [0.05, 0.1) is 30.6 Å². The van der Waals surface area contributed by atoms with Gasteiger partial charge in [0.1, 0.15) is 5.75 Å². The molecule has 0 aliphatic carbocycles. The maximum atomic E-state index is 12.5. The van der Waals surface area contributed by atoms with E-state index in [2.05, 4.69) is 29.5 Å². The van der Waals surface area contributed by atoms with Gasteiger partial charge in [-0.25, -0.2) is 0 Å². The number of rotatable bonds is 6. The van der Waals surface area contributed by atoms with E-state index < -0.39 is 0 Å². The first-order valence-electron chi connectivity index (χ1n) is 8.27. The Morgan fingerprint density at radius 3 is 2.72 bits per heavy atom. The molecule has 25 heavy (non-hydrogen) atoms. The van der Waals surface area contributed by atoms with Crippen LogP contribution >= 0.6 is 0 Å². The standard InChI is InChI=1S/C20H21N3O2/c1-3-25-19-11-7-6-10-18(19)20(24)22-17-12-21-23(14-17)13-16-9-5-4-8-15(16)2/h4-12,14H,3,13H2,1-2H3,(H,22,24). The minimum absolute atomic E-state index is 0.209. The number of hydrogen-bond donors (Lipinski definition) is 1. The highest BCUT2D eigenvalue weighted by molar-refractivity contribution is 6.06. The summed E-state index contributed by atoms with van der Waals surface area (Å²) in [5.74, 6) is 0.370. The maximum absolute atomic E-state index is 12.5. The van der Waals surface area contributed by atoms with Crippen LogP contribution in [-0.4, -0.2) is 22.3 Å². The van der Waals surface area contributed by atoms with Crippen LogP contribution in [0.4, 0.5) is 5.69 Å². The van der Waals surface area contributed by atoms with Gasteiger partial charge in [0.25, 0.3) is 5.91 Å². The van der Waals surface area contributed by atoms with E-state index in [1.54, 1.807) is 18.3 Å². The third-order valence-corrected chi connectivity index (χ3v) is 3.92. The highest BCUT2D eigenvalue weighted by atomic mass is 16.5. The monoisotopic (exact) mass is 335 g/mol. The lowest BCUT2D eigenvalue weighted by Gasteiger charge is -2.09. The molecular weight excluding hydrogens is 314 g/mol. The van der Waals surface area contributed by atoms with Gasteiger partial charge in [0, 0.05) is 6.20 Å². The quantitative estimate of drug-likeness (QED) is 0.743. The van der Waals surface area contributed by atoms with E-state index in [9.17, 15) is 4.79 Å². The summed E-state index contributed by atoms with van der Waals surface area (Å²) < 4.78 is 7.32. The van der Waals surface area contributed by atoms with E-state index in [-0.39, 0.29) is 5.91 Å². The van der Waals surface area contributed by atoms with Gasteiger partial charge < -0.3 is 10.1 Å². The van der Waals surface area contributed by atoms with Crippen molar-refractivity contribution in [2.45, 2.75) is 20.4 Å². The van der Waals surface area contributed by atoms with Crippen LogP contribution in [-0.2, 0) is 6.54 Å². The van der Waals surface area contributed by atoms with Crippen LogP contribution < -0.4 is 10.1 Å². The average molecular weight is 335 g/mol. The summed E-state index contributed by atoms with van der Waals surface area (Å²) in [6, 6.07) is 15.4. The zero-order valence-corrected chi connectivity index (χ0v) is 14.4. The normalized spacial score (nSPS) is 10.5. The van der Waals surface area contributed by atoms with Crippen LogP contribution in [0.3, 0.4) is 0 Å². The van der Waals surface area contributed by atoms with E-state index in [0.717, 1.165) is 0 Å². The van der Waals surface area contributed by atoms with Crippen molar-refractivity contribution < 1.29 is 9.53 Å². The van der Waals surface area contributed by atoms with Crippen LogP contribution in [0.25, 0.3) is 0 Å². The fourth-order valence-corrected chi connectivity index (χ4v) is 2.61. The number of carbonyl (C=O) groups is 1. The molecule has 1 N–H and O–H groups in total. The number of benzene rings is 2. The van der Waals surface area contributed by atoms with Crippen molar-refractivity contribution in [3.05, 3.63) is 77.6 Å². The molecule has 1 amide bonds. The van der Waals surface area contributed by atoms with Gasteiger partial charge in [0.15, 0.2) is 0 Å². The topological polar surface area (TPSA) is 56.1 Å². The van der Waals surface area contributed by atoms with Crippen LogP contribution in [0.2, 0.25) is 0 Å². The van der Waals surface area contributed by atoms with Gasteiger partial charge in [-0.15, -0.1) is 0 Å². The van der Waals surface area contributed by atoms with Crippen LogP contribution in [0, 0.1) is 6.92 Å². The van der Waals surface area contributed by atoms with Crippen molar-refractivity contribution in [3.8, 4) is 5.75 Å². The molecule has 2 aromatic carbocycles. The summed E-state index contributed by atoms with van der Waals surface area (Å²) in [4.78, 5) is 12.5. The van der Waals surface area contributed by atoms with Crippen LogP contribution in [0.1, 0.15) is 28.4 Å². The number of hydrogen-bond acceptors (Lipinski definition) is 3. The summed E-state index contributed by atoms with van der Waals surface area (Å²) >= 11 is 0. The molecule has 5 nitrogen and oxygen atoms in total. The van der Waals surface area contributed by atoms with Gasteiger partial charge in [0.2, 0.25) is 0 Å². The number of ether oxygens (including phenoxy) is 1. The van der Waals surface area contributed by atoms with E-state index in [0.29, 0.717) is 30.2 Å². The molecule has 0 atom stereocenters. The van der Waals surface area contributed by atoms with Crippen LogP contribution in [0.5, 0.6) is 5.75 Å². The van der Waals surface area contributed by atoms with Crippen molar-refractivity contribution in [1.82, 2.24) is 9.78 Å². The maximum Gasteiger partial charge on any atom is 0.259 e. The molecule has 1 heterocycles. The summed E-state index contributed by atoms with van der Waals surface area (Å²) in [7, 11) is 0. The molecule has 0 fully saturated rings. The Morgan fingerprint density at radius 2 is 1.92 bits per heavy atom. The van der Waals surface area contributed by atoms with E-state index >= 15 is 0 Å². The molecule has 5 heteroatoms.